The van der Waals surface area contributed by atoms with Gasteiger partial charge in [0.15, 0.2) is 0 Å². The van der Waals surface area contributed by atoms with E-state index >= 15 is 0 Å². The molecule has 0 aliphatic heterocycles. The van der Waals surface area contributed by atoms with Crippen molar-refractivity contribution >= 4 is 12.2 Å². The molecule has 108 valence electrons. The first-order valence-corrected chi connectivity index (χ1v) is 7.49. The van der Waals surface area contributed by atoms with Crippen LogP contribution < -0.4 is 10.6 Å². The van der Waals surface area contributed by atoms with Gasteiger partial charge in [-0.3, -0.25) is 0 Å². The minimum Gasteiger partial charge on any atom is -0.489 e. The van der Waals surface area contributed by atoms with Crippen molar-refractivity contribution < 1.29 is 4.74 Å². The van der Waals surface area contributed by atoms with Gasteiger partial charge in [0.2, 0.25) is 0 Å². The second-order valence-corrected chi connectivity index (χ2v) is 5.62. The van der Waals surface area contributed by atoms with Crippen LogP contribution in [0.4, 0.5) is 0 Å². The van der Waals surface area contributed by atoms with Crippen LogP contribution in [0.3, 0.4) is 0 Å². The monoisotopic (exact) mass is 279 g/mol. The number of nitrogens with zero attached hydrogens (tertiary/aromatic N) is 1. The van der Waals surface area contributed by atoms with E-state index in [2.05, 4.69) is 61.0 Å². The molecule has 0 radical (unpaired) electrons. The van der Waals surface area contributed by atoms with Crippen LogP contribution in [0.1, 0.15) is 31.9 Å². The highest BCUT2D eigenvalue weighted by Crippen LogP contribution is 2.09. The van der Waals surface area contributed by atoms with Crippen LogP contribution in [-0.4, -0.2) is 4.57 Å². The number of rotatable bonds is 4. The third-order valence-corrected chi connectivity index (χ3v) is 3.72. The number of hydrogen-bond donors (Lipinski definition) is 0. The molecule has 1 aliphatic carbocycles. The van der Waals surface area contributed by atoms with E-state index in [4.69, 9.17) is 4.74 Å². The summed E-state index contributed by atoms with van der Waals surface area (Å²) < 4.78 is 8.26. The van der Waals surface area contributed by atoms with Gasteiger partial charge >= 0.3 is 0 Å². The third-order valence-electron chi connectivity index (χ3n) is 3.72. The van der Waals surface area contributed by atoms with Gasteiger partial charge < -0.3 is 9.30 Å². The Hall–Kier alpha value is -2.22. The number of hydrogen-bond acceptors (Lipinski definition) is 1. The molecule has 1 aromatic heterocycles. The predicted octanol–water partition coefficient (Wildman–Crippen LogP) is 3.13. The average Bonchev–Trinajstić information content (AvgIpc) is 2.78. The Morgan fingerprint density at radius 3 is 2.67 bits per heavy atom. The van der Waals surface area contributed by atoms with Crippen LogP contribution in [0.15, 0.2) is 54.4 Å². The summed E-state index contributed by atoms with van der Waals surface area (Å²) in [5, 5.41) is 2.53. The smallest absolute Gasteiger partial charge is 0.116 e. The van der Waals surface area contributed by atoms with Crippen LogP contribution in [0.2, 0.25) is 0 Å². The standard InChI is InChI=1S/C19H21NO/c1-15(2)20-12-11-17-13-18(9-6-10-19(17)20)21-14-16-7-4-3-5-8-16/h3-5,7-13,15H,6,14H2,1-2H3. The molecule has 3 rings (SSSR count). The van der Waals surface area contributed by atoms with E-state index in [-0.39, 0.29) is 0 Å². The van der Waals surface area contributed by atoms with E-state index in [9.17, 15) is 0 Å². The highest BCUT2D eigenvalue weighted by Gasteiger charge is 2.04. The highest BCUT2D eigenvalue weighted by atomic mass is 16.5. The van der Waals surface area contributed by atoms with Crippen LogP contribution in [-0.2, 0) is 11.3 Å². The maximum atomic E-state index is 5.95. The minimum atomic E-state index is 0.477. The van der Waals surface area contributed by atoms with E-state index < -0.39 is 0 Å². The Morgan fingerprint density at radius 2 is 1.90 bits per heavy atom. The van der Waals surface area contributed by atoms with Crippen molar-refractivity contribution in [3.63, 3.8) is 0 Å². The minimum absolute atomic E-state index is 0.477. The highest BCUT2D eigenvalue weighted by molar-refractivity contribution is 5.47. The first kappa shape index (κ1) is 13.7. The fraction of sp³-hybridized carbons (Fsp3) is 0.263. The fourth-order valence-corrected chi connectivity index (χ4v) is 2.61. The molecule has 0 amide bonds. The molecule has 21 heavy (non-hydrogen) atoms. The summed E-state index contributed by atoms with van der Waals surface area (Å²) in [6.07, 6.45) is 9.62. The summed E-state index contributed by atoms with van der Waals surface area (Å²) in [6.45, 7) is 5.03. The second kappa shape index (κ2) is 6.04. The normalized spacial score (nSPS) is 13.8. The van der Waals surface area contributed by atoms with Crippen molar-refractivity contribution in [2.45, 2.75) is 32.9 Å². The molecule has 1 aliphatic rings. The quantitative estimate of drug-likeness (QED) is 0.838. The van der Waals surface area contributed by atoms with Crippen molar-refractivity contribution in [2.75, 3.05) is 0 Å². The zero-order chi connectivity index (χ0) is 14.7. The van der Waals surface area contributed by atoms with E-state index in [1.165, 1.54) is 16.1 Å². The molecule has 0 unspecified atom stereocenters. The lowest BCUT2D eigenvalue weighted by Crippen LogP contribution is -2.29. The van der Waals surface area contributed by atoms with Gasteiger partial charge in [-0.25, -0.2) is 0 Å². The Labute approximate surface area is 125 Å². The lowest BCUT2D eigenvalue weighted by Gasteiger charge is -2.07. The number of fused-ring (bicyclic) bond motifs is 1. The molecule has 2 nitrogen and oxygen atoms in total. The lowest BCUT2D eigenvalue weighted by molar-refractivity contribution is 0.215. The van der Waals surface area contributed by atoms with E-state index in [1.807, 2.05) is 18.2 Å². The zero-order valence-electron chi connectivity index (χ0n) is 12.6. The van der Waals surface area contributed by atoms with Gasteiger partial charge in [-0.05, 0) is 44.1 Å². The molecule has 0 bridgehead atoms. The Bertz CT molecular complexity index is 751. The number of ether oxygens (including phenoxy) is 1. The molecule has 1 aromatic carbocycles. The van der Waals surface area contributed by atoms with E-state index in [1.54, 1.807) is 0 Å². The van der Waals surface area contributed by atoms with Crippen molar-refractivity contribution in [3.05, 3.63) is 70.6 Å². The van der Waals surface area contributed by atoms with Gasteiger partial charge in [-0.2, -0.15) is 0 Å². The number of benzene rings is 1. The summed E-state index contributed by atoms with van der Waals surface area (Å²) in [5.41, 5.74) is 1.19. The van der Waals surface area contributed by atoms with E-state index in [0.29, 0.717) is 12.6 Å². The molecule has 2 aromatic rings. The summed E-state index contributed by atoms with van der Waals surface area (Å²) in [6, 6.07) is 12.9. The molecule has 0 saturated carbocycles. The Kier molecular flexibility index (Phi) is 3.96. The van der Waals surface area contributed by atoms with Crippen LogP contribution in [0.25, 0.3) is 12.2 Å². The second-order valence-electron chi connectivity index (χ2n) is 5.62. The van der Waals surface area contributed by atoms with Crippen LogP contribution in [0.5, 0.6) is 0 Å². The van der Waals surface area contributed by atoms with Crippen LogP contribution >= 0.6 is 0 Å². The molecule has 0 atom stereocenters. The Morgan fingerprint density at radius 1 is 1.10 bits per heavy atom. The molecule has 0 spiro atoms. The number of allylic oxidation sites excluding steroid dienone is 2. The SMILES string of the molecule is CC(C)n1ccc2c1=CCC=C(OCc1ccccc1)C=2. The van der Waals surface area contributed by atoms with Crippen molar-refractivity contribution in [2.24, 2.45) is 0 Å². The largest absolute Gasteiger partial charge is 0.489 e. The predicted molar refractivity (Wildman–Crippen MR) is 86.9 cm³/mol. The number of aromatic nitrogens is 1. The van der Waals surface area contributed by atoms with Gasteiger partial charge in [-0.1, -0.05) is 36.4 Å². The third kappa shape index (κ3) is 3.10. The van der Waals surface area contributed by atoms with Crippen LogP contribution in [0, 0.1) is 0 Å². The molecule has 0 saturated heterocycles. The van der Waals surface area contributed by atoms with Gasteiger partial charge in [-0.15, -0.1) is 0 Å². The first-order valence-electron chi connectivity index (χ1n) is 7.49. The Balaban J connectivity index is 1.81. The maximum absolute atomic E-state index is 5.95. The van der Waals surface area contributed by atoms with Gasteiger partial charge in [0.05, 0.1) is 0 Å². The lowest BCUT2D eigenvalue weighted by atomic mass is 10.2. The van der Waals surface area contributed by atoms with Gasteiger partial charge in [0.1, 0.15) is 12.4 Å². The zero-order valence-corrected chi connectivity index (χ0v) is 12.6. The molecule has 2 heteroatoms. The maximum Gasteiger partial charge on any atom is 0.116 e. The van der Waals surface area contributed by atoms with Gasteiger partial charge in [0.25, 0.3) is 0 Å². The van der Waals surface area contributed by atoms with Crippen molar-refractivity contribution in [1.82, 2.24) is 4.57 Å². The van der Waals surface area contributed by atoms with Crippen molar-refractivity contribution in [1.29, 1.82) is 0 Å². The van der Waals surface area contributed by atoms with Crippen molar-refractivity contribution in [3.8, 4) is 0 Å². The molecule has 0 fully saturated rings. The molecular formula is C19H21NO. The summed E-state index contributed by atoms with van der Waals surface area (Å²) in [5.74, 6) is 0.954. The first-order chi connectivity index (χ1) is 10.2. The summed E-state index contributed by atoms with van der Waals surface area (Å²) >= 11 is 0. The van der Waals surface area contributed by atoms with Gasteiger partial charge in [0, 0.05) is 22.8 Å². The summed E-state index contributed by atoms with van der Waals surface area (Å²) in [4.78, 5) is 0. The fourth-order valence-electron chi connectivity index (χ4n) is 2.61. The molecule has 1 heterocycles. The molecular weight excluding hydrogens is 258 g/mol. The average molecular weight is 279 g/mol. The van der Waals surface area contributed by atoms with E-state index in [0.717, 1.165) is 12.2 Å². The molecule has 0 N–H and O–H groups in total. The summed E-state index contributed by atoms with van der Waals surface area (Å²) in [7, 11) is 0. The topological polar surface area (TPSA) is 14.2 Å².